The highest BCUT2D eigenvalue weighted by atomic mass is 16.6. The minimum Gasteiger partial charge on any atom is -0.479 e. The molecular weight excluding hydrogens is 438 g/mol. The van der Waals surface area contributed by atoms with Crippen LogP contribution in [0, 0.1) is 6.92 Å². The van der Waals surface area contributed by atoms with Crippen molar-refractivity contribution < 1.29 is 28.9 Å². The molecule has 1 aliphatic carbocycles. The van der Waals surface area contributed by atoms with Gasteiger partial charge in [-0.1, -0.05) is 6.08 Å². The molecule has 2 heterocycles. The summed E-state index contributed by atoms with van der Waals surface area (Å²) in [5.41, 5.74) is 2.45. The predicted octanol–water partition coefficient (Wildman–Crippen LogP) is 3.45. The fourth-order valence-electron chi connectivity index (χ4n) is 4.35. The van der Waals surface area contributed by atoms with Crippen LogP contribution >= 0.6 is 0 Å². The Morgan fingerprint density at radius 1 is 1.29 bits per heavy atom. The molecular formula is C25H37N3O6. The molecule has 1 amide bonds. The fraction of sp³-hybridized carbons (Fsp3) is 0.640. The van der Waals surface area contributed by atoms with Crippen molar-refractivity contribution in [3.8, 4) is 5.88 Å². The van der Waals surface area contributed by atoms with Gasteiger partial charge >= 0.3 is 12.1 Å². The monoisotopic (exact) mass is 475 g/mol. The molecule has 1 unspecified atom stereocenters. The maximum absolute atomic E-state index is 12.2. The Bertz CT molecular complexity index is 895. The number of piperidine rings is 1. The summed E-state index contributed by atoms with van der Waals surface area (Å²) < 4.78 is 17.1. The van der Waals surface area contributed by atoms with Crippen LogP contribution in [0.15, 0.2) is 18.3 Å². The van der Waals surface area contributed by atoms with Gasteiger partial charge in [0, 0.05) is 17.8 Å². The van der Waals surface area contributed by atoms with E-state index < -0.39 is 24.3 Å². The van der Waals surface area contributed by atoms with Crippen LogP contribution in [0.1, 0.15) is 64.0 Å². The number of amides is 1. The van der Waals surface area contributed by atoms with E-state index in [2.05, 4.69) is 21.7 Å². The second kappa shape index (κ2) is 11.7. The Labute approximate surface area is 201 Å². The van der Waals surface area contributed by atoms with Crippen molar-refractivity contribution in [2.75, 3.05) is 19.8 Å². The zero-order valence-electron chi connectivity index (χ0n) is 20.6. The highest BCUT2D eigenvalue weighted by molar-refractivity contribution is 5.73. The van der Waals surface area contributed by atoms with Crippen LogP contribution in [0.25, 0.3) is 5.57 Å². The lowest BCUT2D eigenvalue weighted by atomic mass is 9.90. The van der Waals surface area contributed by atoms with Gasteiger partial charge in [-0.3, -0.25) is 0 Å². The van der Waals surface area contributed by atoms with Gasteiger partial charge in [0.2, 0.25) is 5.88 Å². The van der Waals surface area contributed by atoms with Crippen molar-refractivity contribution in [2.45, 2.75) is 83.6 Å². The Hall–Kier alpha value is -2.65. The number of aliphatic carboxylic acids is 1. The van der Waals surface area contributed by atoms with E-state index in [9.17, 15) is 9.59 Å². The Morgan fingerprint density at radius 3 is 2.76 bits per heavy atom. The number of nitrogens with one attached hydrogen (secondary N) is 2. The molecule has 188 valence electrons. The van der Waals surface area contributed by atoms with Gasteiger partial charge in [-0.15, -0.1) is 0 Å². The molecule has 0 bridgehead atoms. The second-order valence-corrected chi connectivity index (χ2v) is 9.91. The maximum Gasteiger partial charge on any atom is 0.407 e. The summed E-state index contributed by atoms with van der Waals surface area (Å²) in [4.78, 5) is 27.4. The molecule has 9 nitrogen and oxygen atoms in total. The Morgan fingerprint density at radius 2 is 2.09 bits per heavy atom. The number of carboxylic acid groups (broad SMARTS) is 1. The number of hydrogen-bond donors (Lipinski definition) is 3. The summed E-state index contributed by atoms with van der Waals surface area (Å²) in [5.74, 6) is -0.674. The largest absolute Gasteiger partial charge is 0.479 e. The van der Waals surface area contributed by atoms with Crippen molar-refractivity contribution in [1.82, 2.24) is 15.6 Å². The third-order valence-electron chi connectivity index (χ3n) is 5.94. The number of pyridine rings is 1. The minimum atomic E-state index is -1.03. The number of carboxylic acids is 1. The molecule has 1 fully saturated rings. The van der Waals surface area contributed by atoms with Gasteiger partial charge in [-0.2, -0.15) is 0 Å². The summed E-state index contributed by atoms with van der Waals surface area (Å²) in [6.07, 6.45) is 7.70. The zero-order chi connectivity index (χ0) is 24.7. The van der Waals surface area contributed by atoms with Crippen LogP contribution in [0.5, 0.6) is 5.88 Å². The molecule has 9 heteroatoms. The lowest BCUT2D eigenvalue weighted by Gasteiger charge is -2.35. The van der Waals surface area contributed by atoms with Crippen molar-refractivity contribution in [2.24, 2.45) is 0 Å². The van der Waals surface area contributed by atoms with Gasteiger partial charge in [-0.25, -0.2) is 14.6 Å². The molecule has 1 aromatic rings. The van der Waals surface area contributed by atoms with Crippen LogP contribution in [-0.2, 0) is 14.3 Å². The number of carbonyl (C=O) groups is 2. The number of hydrogen-bond acceptors (Lipinski definition) is 7. The first-order chi connectivity index (χ1) is 16.1. The fourth-order valence-corrected chi connectivity index (χ4v) is 4.35. The average Bonchev–Trinajstić information content (AvgIpc) is 2.76. The van der Waals surface area contributed by atoms with Gasteiger partial charge in [0.25, 0.3) is 0 Å². The van der Waals surface area contributed by atoms with Crippen LogP contribution in [0.4, 0.5) is 4.79 Å². The summed E-state index contributed by atoms with van der Waals surface area (Å²) in [7, 11) is 0. The highest BCUT2D eigenvalue weighted by Crippen LogP contribution is 2.35. The maximum atomic E-state index is 12.2. The number of carbonyl (C=O) groups excluding carboxylic acids is 1. The Balaban J connectivity index is 1.56. The lowest BCUT2D eigenvalue weighted by molar-refractivity contribution is -0.139. The van der Waals surface area contributed by atoms with E-state index in [1.165, 1.54) is 0 Å². The predicted molar refractivity (Wildman–Crippen MR) is 128 cm³/mol. The molecule has 1 aliphatic heterocycles. The number of aromatic nitrogens is 1. The molecule has 1 saturated heterocycles. The topological polar surface area (TPSA) is 119 Å². The lowest BCUT2D eigenvalue weighted by Crippen LogP contribution is -2.56. The molecule has 0 aromatic carbocycles. The summed E-state index contributed by atoms with van der Waals surface area (Å²) >= 11 is 0. The zero-order valence-corrected chi connectivity index (χ0v) is 20.6. The highest BCUT2D eigenvalue weighted by Gasteiger charge is 2.29. The van der Waals surface area contributed by atoms with Crippen molar-refractivity contribution in [3.63, 3.8) is 0 Å². The van der Waals surface area contributed by atoms with E-state index in [-0.39, 0.29) is 18.2 Å². The normalized spacial score (nSPS) is 23.1. The summed E-state index contributed by atoms with van der Waals surface area (Å²) in [6, 6.07) is 1.90. The van der Waals surface area contributed by atoms with Gasteiger partial charge in [0.05, 0.1) is 18.8 Å². The van der Waals surface area contributed by atoms with Crippen molar-refractivity contribution in [3.05, 3.63) is 29.5 Å². The smallest absolute Gasteiger partial charge is 0.407 e. The number of nitrogens with zero attached hydrogens (tertiary/aromatic N) is 1. The molecule has 3 atom stereocenters. The number of rotatable bonds is 8. The molecule has 3 N–H and O–H groups in total. The number of allylic oxidation sites excluding steroid dienone is 1. The SMILES string of the molecule is Cc1ccnc(OCC(=O)O)c1C1=CCC(OC[C@@H]2NCCC[C@@H]2NC(=O)OC(C)(C)C)CC1. The van der Waals surface area contributed by atoms with E-state index in [0.717, 1.165) is 55.3 Å². The molecule has 3 rings (SSSR count). The first-order valence-corrected chi connectivity index (χ1v) is 12.0. The van der Waals surface area contributed by atoms with Gasteiger partial charge < -0.3 is 30.0 Å². The van der Waals surface area contributed by atoms with Crippen LogP contribution in [-0.4, -0.2) is 65.7 Å². The van der Waals surface area contributed by atoms with Gasteiger partial charge in [0.15, 0.2) is 6.61 Å². The number of aryl methyl sites for hydroxylation is 1. The van der Waals surface area contributed by atoms with Crippen LogP contribution in [0.2, 0.25) is 0 Å². The summed E-state index contributed by atoms with van der Waals surface area (Å²) in [5, 5.41) is 15.4. The third kappa shape index (κ3) is 7.70. The molecule has 34 heavy (non-hydrogen) atoms. The van der Waals surface area contributed by atoms with Gasteiger partial charge in [-0.05, 0) is 83.5 Å². The van der Waals surface area contributed by atoms with Crippen molar-refractivity contribution >= 4 is 17.6 Å². The minimum absolute atomic E-state index is 0.0308. The van der Waals surface area contributed by atoms with E-state index in [1.54, 1.807) is 6.20 Å². The first kappa shape index (κ1) is 26.0. The van der Waals surface area contributed by atoms with E-state index in [0.29, 0.717) is 12.5 Å². The number of ether oxygens (including phenoxy) is 3. The van der Waals surface area contributed by atoms with Crippen LogP contribution in [0.3, 0.4) is 0 Å². The molecule has 1 aromatic heterocycles. The summed E-state index contributed by atoms with van der Waals surface area (Å²) in [6.45, 7) is 8.51. The average molecular weight is 476 g/mol. The molecule has 2 aliphatic rings. The van der Waals surface area contributed by atoms with Crippen molar-refractivity contribution in [1.29, 1.82) is 0 Å². The Kier molecular flexibility index (Phi) is 8.90. The second-order valence-electron chi connectivity index (χ2n) is 9.91. The van der Waals surface area contributed by atoms with E-state index in [1.807, 2.05) is 33.8 Å². The third-order valence-corrected chi connectivity index (χ3v) is 5.94. The number of alkyl carbamates (subject to hydrolysis) is 1. The molecule has 0 saturated carbocycles. The van der Waals surface area contributed by atoms with E-state index >= 15 is 0 Å². The first-order valence-electron chi connectivity index (χ1n) is 12.0. The van der Waals surface area contributed by atoms with E-state index in [4.69, 9.17) is 19.3 Å². The van der Waals surface area contributed by atoms with Gasteiger partial charge in [0.1, 0.15) is 5.60 Å². The molecule has 0 radical (unpaired) electrons. The molecule has 0 spiro atoms. The standard InChI is InChI=1S/C25H37N3O6/c1-16-11-13-27-23(33-15-21(29)30)22(16)17-7-9-18(10-8-17)32-14-20-19(6-5-12-26-20)28-24(31)34-25(2,3)4/h7,11,13,18-20,26H,5-6,8-10,12,14-15H2,1-4H3,(H,28,31)(H,29,30)/t18?,19-,20-/m0/s1. The quantitative estimate of drug-likeness (QED) is 0.523. The van der Waals surface area contributed by atoms with Crippen LogP contribution < -0.4 is 15.4 Å².